The summed E-state index contributed by atoms with van der Waals surface area (Å²) in [5, 5.41) is 7.66. The molecule has 1 aliphatic heterocycles. The second kappa shape index (κ2) is 4.47. The van der Waals surface area contributed by atoms with Gasteiger partial charge in [-0.05, 0) is 18.5 Å². The fraction of sp³-hybridized carbons (Fsp3) is 0.625. The minimum atomic E-state index is 0.105. The van der Waals surface area contributed by atoms with Gasteiger partial charge in [0.05, 0.1) is 12.7 Å². The topological polar surface area (TPSA) is 51.1 Å². The van der Waals surface area contributed by atoms with Gasteiger partial charge >= 0.3 is 0 Å². The Labute approximate surface area is 97.4 Å². The van der Waals surface area contributed by atoms with Crippen molar-refractivity contribution in [3.63, 3.8) is 0 Å². The molecule has 0 aromatic carbocycles. The lowest BCUT2D eigenvalue weighted by molar-refractivity contribution is 0.0529. The number of nitrogens with zero attached hydrogens (tertiary/aromatic N) is 4. The van der Waals surface area contributed by atoms with Crippen molar-refractivity contribution < 1.29 is 4.74 Å². The van der Waals surface area contributed by atoms with E-state index in [9.17, 15) is 0 Å². The molecule has 2 rings (SSSR count). The van der Waals surface area contributed by atoms with Gasteiger partial charge in [-0.3, -0.25) is 0 Å². The molecule has 15 heavy (non-hydrogen) atoms. The molecule has 0 saturated carbocycles. The summed E-state index contributed by atoms with van der Waals surface area (Å²) in [6, 6.07) is 0. The van der Waals surface area contributed by atoms with E-state index in [4.69, 9.17) is 27.9 Å². The first kappa shape index (κ1) is 10.9. The van der Waals surface area contributed by atoms with E-state index >= 15 is 0 Å². The number of rotatable bonds is 1. The molecule has 1 fully saturated rings. The maximum absolute atomic E-state index is 5.90. The fourth-order valence-electron chi connectivity index (χ4n) is 1.50. The van der Waals surface area contributed by atoms with Crippen LogP contribution < -0.4 is 4.90 Å². The van der Waals surface area contributed by atoms with Gasteiger partial charge in [0.1, 0.15) is 0 Å². The van der Waals surface area contributed by atoms with Crippen LogP contribution in [0.5, 0.6) is 0 Å². The van der Waals surface area contributed by atoms with E-state index in [1.165, 1.54) is 0 Å². The Morgan fingerprint density at radius 1 is 1.40 bits per heavy atom. The standard InChI is InChI=1S/C8H10Cl2N4O/c1-5-4-14(2-3-15-5)7-6(9)12-13-8(10)11-7/h5H,2-4H2,1H3. The van der Waals surface area contributed by atoms with E-state index < -0.39 is 0 Å². The molecule has 1 saturated heterocycles. The SMILES string of the molecule is CC1CN(c2nc(Cl)nnc2Cl)CCO1. The van der Waals surface area contributed by atoms with Crippen LogP contribution in [0.25, 0.3) is 0 Å². The Balaban J connectivity index is 2.24. The van der Waals surface area contributed by atoms with Crippen LogP contribution in [0.15, 0.2) is 0 Å². The molecule has 7 heteroatoms. The van der Waals surface area contributed by atoms with Gasteiger partial charge in [-0.15, -0.1) is 10.2 Å². The van der Waals surface area contributed by atoms with Crippen LogP contribution in [0.2, 0.25) is 10.4 Å². The summed E-state index contributed by atoms with van der Waals surface area (Å²) in [6.45, 7) is 4.11. The van der Waals surface area contributed by atoms with Gasteiger partial charge in [0.2, 0.25) is 5.28 Å². The molecule has 1 aromatic heterocycles. The normalized spacial score (nSPS) is 21.8. The number of aromatic nitrogens is 3. The number of hydrogen-bond donors (Lipinski definition) is 0. The highest BCUT2D eigenvalue weighted by molar-refractivity contribution is 6.32. The number of halogens is 2. The monoisotopic (exact) mass is 248 g/mol. The van der Waals surface area contributed by atoms with Crippen molar-refractivity contribution in [3.8, 4) is 0 Å². The summed E-state index contributed by atoms with van der Waals surface area (Å²) in [5.74, 6) is 0.576. The average Bonchev–Trinajstić information content (AvgIpc) is 2.22. The van der Waals surface area contributed by atoms with Crippen molar-refractivity contribution in [1.29, 1.82) is 0 Å². The van der Waals surface area contributed by atoms with Crippen LogP contribution in [-0.4, -0.2) is 41.0 Å². The molecule has 1 atom stereocenters. The largest absolute Gasteiger partial charge is 0.375 e. The smallest absolute Gasteiger partial charge is 0.245 e. The number of morpholine rings is 1. The summed E-state index contributed by atoms with van der Waals surface area (Å²) in [7, 11) is 0. The van der Waals surface area contributed by atoms with Crippen molar-refractivity contribution in [2.45, 2.75) is 13.0 Å². The zero-order chi connectivity index (χ0) is 10.8. The van der Waals surface area contributed by atoms with E-state index in [-0.39, 0.29) is 16.5 Å². The van der Waals surface area contributed by atoms with Crippen LogP contribution >= 0.6 is 23.2 Å². The highest BCUT2D eigenvalue weighted by atomic mass is 35.5. The Morgan fingerprint density at radius 3 is 2.93 bits per heavy atom. The number of anilines is 1. The molecule has 0 bridgehead atoms. The third-order valence-electron chi connectivity index (χ3n) is 2.14. The average molecular weight is 249 g/mol. The molecule has 0 amide bonds. The fourth-order valence-corrected chi connectivity index (χ4v) is 1.82. The third kappa shape index (κ3) is 2.48. The summed E-state index contributed by atoms with van der Waals surface area (Å²) < 4.78 is 5.42. The highest BCUT2D eigenvalue weighted by Crippen LogP contribution is 2.23. The Morgan fingerprint density at radius 2 is 2.20 bits per heavy atom. The Kier molecular flexibility index (Phi) is 3.23. The van der Waals surface area contributed by atoms with Crippen LogP contribution in [0.1, 0.15) is 6.92 Å². The third-order valence-corrected chi connectivity index (χ3v) is 2.55. The highest BCUT2D eigenvalue weighted by Gasteiger charge is 2.21. The zero-order valence-corrected chi connectivity index (χ0v) is 9.66. The lowest BCUT2D eigenvalue weighted by Gasteiger charge is -2.31. The predicted molar refractivity (Wildman–Crippen MR) is 57.5 cm³/mol. The van der Waals surface area contributed by atoms with Gasteiger partial charge in [0.25, 0.3) is 0 Å². The second-order valence-corrected chi connectivity index (χ2v) is 4.02. The first-order valence-electron chi connectivity index (χ1n) is 4.59. The van der Waals surface area contributed by atoms with Crippen LogP contribution in [0.4, 0.5) is 5.82 Å². The van der Waals surface area contributed by atoms with Crippen molar-refractivity contribution in [1.82, 2.24) is 15.2 Å². The maximum atomic E-state index is 5.90. The molecule has 5 nitrogen and oxygen atoms in total. The summed E-state index contributed by atoms with van der Waals surface area (Å²) in [6.07, 6.45) is 0.156. The molecule has 1 aromatic rings. The van der Waals surface area contributed by atoms with Gasteiger partial charge in [0.15, 0.2) is 11.0 Å². The van der Waals surface area contributed by atoms with Crippen LogP contribution in [0, 0.1) is 0 Å². The van der Waals surface area contributed by atoms with E-state index in [2.05, 4.69) is 15.2 Å². The molecule has 2 heterocycles. The van der Waals surface area contributed by atoms with Gasteiger partial charge < -0.3 is 9.64 Å². The van der Waals surface area contributed by atoms with Gasteiger partial charge in [-0.1, -0.05) is 11.6 Å². The molecule has 0 aliphatic carbocycles. The van der Waals surface area contributed by atoms with Gasteiger partial charge in [-0.2, -0.15) is 4.98 Å². The zero-order valence-electron chi connectivity index (χ0n) is 8.15. The quantitative estimate of drug-likeness (QED) is 0.753. The predicted octanol–water partition coefficient (Wildman–Crippen LogP) is 1.40. The van der Waals surface area contributed by atoms with Crippen LogP contribution in [-0.2, 0) is 4.74 Å². The Bertz CT molecular complexity index is 362. The maximum Gasteiger partial charge on any atom is 0.245 e. The van der Waals surface area contributed by atoms with Gasteiger partial charge in [-0.25, -0.2) is 0 Å². The van der Waals surface area contributed by atoms with E-state index in [1.807, 2.05) is 11.8 Å². The van der Waals surface area contributed by atoms with Crippen molar-refractivity contribution in [2.24, 2.45) is 0 Å². The first-order valence-corrected chi connectivity index (χ1v) is 5.34. The second-order valence-electron chi connectivity index (χ2n) is 3.32. The van der Waals surface area contributed by atoms with Crippen LogP contribution in [0.3, 0.4) is 0 Å². The minimum absolute atomic E-state index is 0.105. The molecule has 0 N–H and O–H groups in total. The number of hydrogen-bond acceptors (Lipinski definition) is 5. The van der Waals surface area contributed by atoms with E-state index in [1.54, 1.807) is 0 Å². The summed E-state index contributed by atoms with van der Waals surface area (Å²) >= 11 is 11.6. The molecule has 82 valence electrons. The first-order chi connectivity index (χ1) is 7.16. The molecule has 0 spiro atoms. The summed E-state index contributed by atoms with van der Waals surface area (Å²) in [4.78, 5) is 6.06. The van der Waals surface area contributed by atoms with Crippen molar-refractivity contribution in [2.75, 3.05) is 24.6 Å². The lowest BCUT2D eigenvalue weighted by atomic mass is 10.3. The lowest BCUT2D eigenvalue weighted by Crippen LogP contribution is -2.41. The molecular formula is C8H10Cl2N4O. The number of ether oxygens (including phenoxy) is 1. The molecular weight excluding hydrogens is 239 g/mol. The summed E-state index contributed by atoms with van der Waals surface area (Å²) in [5.41, 5.74) is 0. The van der Waals surface area contributed by atoms with Crippen molar-refractivity contribution >= 4 is 29.0 Å². The van der Waals surface area contributed by atoms with Gasteiger partial charge in [0, 0.05) is 13.1 Å². The molecule has 0 radical (unpaired) electrons. The van der Waals surface area contributed by atoms with E-state index in [0.29, 0.717) is 12.4 Å². The van der Waals surface area contributed by atoms with Crippen molar-refractivity contribution in [3.05, 3.63) is 10.4 Å². The Hall–Kier alpha value is -0.650. The molecule has 1 unspecified atom stereocenters. The minimum Gasteiger partial charge on any atom is -0.375 e. The van der Waals surface area contributed by atoms with E-state index in [0.717, 1.165) is 13.1 Å². The molecule has 1 aliphatic rings.